The zero-order chi connectivity index (χ0) is 15.6. The van der Waals surface area contributed by atoms with Gasteiger partial charge in [0, 0.05) is 46.2 Å². The molecule has 6 heteroatoms. The molecule has 0 aliphatic carbocycles. The maximum Gasteiger partial charge on any atom is 0.312 e. The van der Waals surface area contributed by atoms with E-state index in [1.165, 1.54) is 6.92 Å². The average molecular weight is 295 g/mol. The van der Waals surface area contributed by atoms with Crippen LogP contribution in [0.4, 0.5) is 0 Å². The van der Waals surface area contributed by atoms with E-state index >= 15 is 0 Å². The fraction of sp³-hybridized carbons (Fsp3) is 0.800. The van der Waals surface area contributed by atoms with Gasteiger partial charge < -0.3 is 14.7 Å². The van der Waals surface area contributed by atoms with Crippen LogP contribution in [0.3, 0.4) is 0 Å². The Balaban J connectivity index is 1.91. The number of nitrogens with zero attached hydrogens (tertiary/aromatic N) is 3. The maximum absolute atomic E-state index is 12.4. The molecule has 118 valence electrons. The quantitative estimate of drug-likeness (QED) is 0.599. The molecule has 0 bridgehead atoms. The first-order valence-corrected chi connectivity index (χ1v) is 7.72. The number of piperazine rings is 1. The second-order valence-electron chi connectivity index (χ2n) is 6.45. The molecule has 2 unspecified atom stereocenters. The number of hydrogen-bond acceptors (Lipinski definition) is 3. The molecule has 6 nitrogen and oxygen atoms in total. The summed E-state index contributed by atoms with van der Waals surface area (Å²) in [6, 6.07) is 0. The molecule has 0 spiro atoms. The van der Waals surface area contributed by atoms with Crippen LogP contribution < -0.4 is 0 Å². The Morgan fingerprint density at radius 2 is 1.19 bits per heavy atom. The number of amides is 3. The number of piperidine rings is 1. The van der Waals surface area contributed by atoms with Crippen LogP contribution in [0.15, 0.2) is 0 Å². The second-order valence-corrected chi connectivity index (χ2v) is 6.45. The smallest absolute Gasteiger partial charge is 0.312 e. The van der Waals surface area contributed by atoms with Crippen molar-refractivity contribution in [2.75, 3.05) is 39.3 Å². The van der Waals surface area contributed by atoms with Crippen molar-refractivity contribution in [3.63, 3.8) is 0 Å². The van der Waals surface area contributed by atoms with Crippen molar-refractivity contribution in [2.45, 2.75) is 27.2 Å². The van der Waals surface area contributed by atoms with Crippen LogP contribution in [0.5, 0.6) is 0 Å². The van der Waals surface area contributed by atoms with Crippen LogP contribution in [0.2, 0.25) is 0 Å². The molecule has 0 aromatic carbocycles. The number of likely N-dealkylation sites (tertiary alicyclic amines) is 1. The molecule has 0 radical (unpaired) electrons. The van der Waals surface area contributed by atoms with Crippen molar-refractivity contribution in [1.29, 1.82) is 0 Å². The second kappa shape index (κ2) is 6.45. The van der Waals surface area contributed by atoms with Gasteiger partial charge in [-0.2, -0.15) is 0 Å². The molecule has 2 aliphatic heterocycles. The zero-order valence-corrected chi connectivity index (χ0v) is 13.2. The van der Waals surface area contributed by atoms with Crippen molar-refractivity contribution in [1.82, 2.24) is 14.7 Å². The largest absolute Gasteiger partial charge is 0.339 e. The summed E-state index contributed by atoms with van der Waals surface area (Å²) in [4.78, 5) is 40.9. The number of rotatable bonds is 0. The Morgan fingerprint density at radius 1 is 0.762 bits per heavy atom. The zero-order valence-electron chi connectivity index (χ0n) is 13.2. The third-order valence-electron chi connectivity index (χ3n) is 4.35. The number of hydrogen-bond donors (Lipinski definition) is 0. The first-order valence-electron chi connectivity index (χ1n) is 7.72. The highest BCUT2D eigenvalue weighted by Crippen LogP contribution is 2.21. The minimum atomic E-state index is -0.417. The Labute approximate surface area is 126 Å². The van der Waals surface area contributed by atoms with Gasteiger partial charge in [0.15, 0.2) is 0 Å². The molecular weight excluding hydrogens is 270 g/mol. The van der Waals surface area contributed by atoms with Crippen LogP contribution in [-0.4, -0.2) is 71.7 Å². The molecule has 3 amide bonds. The standard InChI is InChI=1S/C15H25N3O3/c1-11-8-12(2)10-18(9-11)15(21)14(20)17-6-4-16(5-7-17)13(3)19/h11-12H,4-10H2,1-3H3. The molecule has 0 N–H and O–H groups in total. The highest BCUT2D eigenvalue weighted by atomic mass is 16.2. The van der Waals surface area contributed by atoms with E-state index in [0.29, 0.717) is 51.1 Å². The number of carbonyl (C=O) groups excluding carboxylic acids is 3. The van der Waals surface area contributed by atoms with E-state index in [0.717, 1.165) is 6.42 Å². The lowest BCUT2D eigenvalue weighted by molar-refractivity contribution is -0.155. The van der Waals surface area contributed by atoms with E-state index in [1.807, 2.05) is 0 Å². The third kappa shape index (κ3) is 3.74. The third-order valence-corrected chi connectivity index (χ3v) is 4.35. The fourth-order valence-electron chi connectivity index (χ4n) is 3.32. The summed E-state index contributed by atoms with van der Waals surface area (Å²) in [6.07, 6.45) is 1.11. The van der Waals surface area contributed by atoms with E-state index < -0.39 is 5.91 Å². The number of carbonyl (C=O) groups is 3. The van der Waals surface area contributed by atoms with E-state index in [9.17, 15) is 14.4 Å². The Kier molecular flexibility index (Phi) is 4.85. The van der Waals surface area contributed by atoms with Crippen molar-refractivity contribution in [3.05, 3.63) is 0 Å². The van der Waals surface area contributed by atoms with Crippen molar-refractivity contribution < 1.29 is 14.4 Å². The summed E-state index contributed by atoms with van der Waals surface area (Å²) in [7, 11) is 0. The summed E-state index contributed by atoms with van der Waals surface area (Å²) in [5, 5.41) is 0. The monoisotopic (exact) mass is 295 g/mol. The first kappa shape index (κ1) is 15.8. The topological polar surface area (TPSA) is 60.9 Å². The molecule has 2 rings (SSSR count). The van der Waals surface area contributed by atoms with E-state index in [-0.39, 0.29) is 11.8 Å². The maximum atomic E-state index is 12.4. The summed E-state index contributed by atoms with van der Waals surface area (Å²) < 4.78 is 0. The lowest BCUT2D eigenvalue weighted by Gasteiger charge is -2.37. The fourth-order valence-corrected chi connectivity index (χ4v) is 3.32. The Morgan fingerprint density at radius 3 is 1.67 bits per heavy atom. The van der Waals surface area contributed by atoms with Gasteiger partial charge in [0.2, 0.25) is 5.91 Å². The van der Waals surface area contributed by atoms with Crippen molar-refractivity contribution >= 4 is 17.7 Å². The SMILES string of the molecule is CC(=O)N1CCN(C(=O)C(=O)N2CC(C)CC(C)C2)CC1. The van der Waals surface area contributed by atoms with Gasteiger partial charge in [0.25, 0.3) is 0 Å². The average Bonchev–Trinajstić information content (AvgIpc) is 2.44. The van der Waals surface area contributed by atoms with Gasteiger partial charge in [-0.15, -0.1) is 0 Å². The Hall–Kier alpha value is -1.59. The van der Waals surface area contributed by atoms with Crippen LogP contribution in [0, 0.1) is 11.8 Å². The lowest BCUT2D eigenvalue weighted by atomic mass is 9.92. The van der Waals surface area contributed by atoms with Crippen LogP contribution >= 0.6 is 0 Å². The normalized spacial score (nSPS) is 26.7. The predicted molar refractivity (Wildman–Crippen MR) is 78.4 cm³/mol. The van der Waals surface area contributed by atoms with E-state index in [1.54, 1.807) is 14.7 Å². The molecule has 2 fully saturated rings. The Bertz CT molecular complexity index is 420. The van der Waals surface area contributed by atoms with Crippen molar-refractivity contribution in [2.24, 2.45) is 11.8 Å². The molecule has 2 aliphatic rings. The molecule has 2 saturated heterocycles. The van der Waals surface area contributed by atoms with Gasteiger partial charge in [-0.25, -0.2) is 0 Å². The highest BCUT2D eigenvalue weighted by Gasteiger charge is 2.33. The molecule has 2 atom stereocenters. The van der Waals surface area contributed by atoms with Crippen LogP contribution in [0.25, 0.3) is 0 Å². The van der Waals surface area contributed by atoms with Gasteiger partial charge in [0.1, 0.15) is 0 Å². The van der Waals surface area contributed by atoms with Gasteiger partial charge in [-0.05, 0) is 18.3 Å². The predicted octanol–water partition coefficient (Wildman–Crippen LogP) is 0.182. The van der Waals surface area contributed by atoms with Gasteiger partial charge in [0.05, 0.1) is 0 Å². The molecule has 0 saturated carbocycles. The highest BCUT2D eigenvalue weighted by molar-refractivity contribution is 6.34. The van der Waals surface area contributed by atoms with E-state index in [2.05, 4.69) is 13.8 Å². The van der Waals surface area contributed by atoms with E-state index in [4.69, 9.17) is 0 Å². The summed E-state index contributed by atoms with van der Waals surface area (Å²) in [5.74, 6) is 0.108. The summed E-state index contributed by atoms with van der Waals surface area (Å²) in [5.41, 5.74) is 0. The molecule has 0 aromatic heterocycles. The van der Waals surface area contributed by atoms with Crippen LogP contribution in [-0.2, 0) is 14.4 Å². The van der Waals surface area contributed by atoms with Gasteiger partial charge in [-0.1, -0.05) is 13.8 Å². The van der Waals surface area contributed by atoms with Crippen LogP contribution in [0.1, 0.15) is 27.2 Å². The van der Waals surface area contributed by atoms with Gasteiger partial charge >= 0.3 is 11.8 Å². The lowest BCUT2D eigenvalue weighted by Crippen LogP contribution is -2.55. The molecular formula is C15H25N3O3. The first-order chi connectivity index (χ1) is 9.88. The summed E-state index contributed by atoms with van der Waals surface area (Å²) >= 11 is 0. The molecule has 0 aromatic rings. The minimum absolute atomic E-state index is 0.0205. The van der Waals surface area contributed by atoms with Gasteiger partial charge in [-0.3, -0.25) is 14.4 Å². The summed E-state index contributed by atoms with van der Waals surface area (Å²) in [6.45, 7) is 9.02. The minimum Gasteiger partial charge on any atom is -0.339 e. The molecule has 21 heavy (non-hydrogen) atoms. The van der Waals surface area contributed by atoms with Crippen molar-refractivity contribution in [3.8, 4) is 0 Å². The molecule has 2 heterocycles.